The van der Waals surface area contributed by atoms with Crippen LogP contribution in [0.4, 0.5) is 0 Å². The molecule has 0 aromatic carbocycles. The van der Waals surface area contributed by atoms with Gasteiger partial charge in [0, 0.05) is 19.1 Å². The maximum Gasteiger partial charge on any atom is 0.320 e. The highest BCUT2D eigenvalue weighted by molar-refractivity contribution is 5.71. The van der Waals surface area contributed by atoms with E-state index < -0.39 is 0 Å². The number of hydrogen-bond donors (Lipinski definition) is 0. The van der Waals surface area contributed by atoms with E-state index in [2.05, 4.69) is 11.9 Å². The third-order valence-corrected chi connectivity index (χ3v) is 3.95. The molecule has 0 radical (unpaired) electrons. The Morgan fingerprint density at radius 1 is 1.33 bits per heavy atom. The Morgan fingerprint density at radius 2 is 2.00 bits per heavy atom. The van der Waals surface area contributed by atoms with Crippen molar-refractivity contribution in [2.75, 3.05) is 53.4 Å². The van der Waals surface area contributed by atoms with Crippen LogP contribution in [0, 0.1) is 0 Å². The molecule has 6 nitrogen and oxygen atoms in total. The Kier molecular flexibility index (Phi) is 8.30. The van der Waals surface area contributed by atoms with Crippen LogP contribution in [-0.4, -0.2) is 86.5 Å². The van der Waals surface area contributed by atoms with E-state index in [1.807, 2.05) is 23.8 Å². The second kappa shape index (κ2) is 9.73. The molecular formula is C15H29N3O3. The lowest BCUT2D eigenvalue weighted by molar-refractivity contribution is -0.144. The average Bonchev–Trinajstić information content (AvgIpc) is 2.45. The number of likely N-dealkylation sites (tertiary alicyclic amines) is 1. The SMILES string of the molecule is CCOC(=O)CN(C)CCCN(C=O)C1CCN(C)CC1. The van der Waals surface area contributed by atoms with Gasteiger partial charge in [0.1, 0.15) is 0 Å². The van der Waals surface area contributed by atoms with Gasteiger partial charge in [-0.15, -0.1) is 0 Å². The molecule has 0 saturated carbocycles. The molecule has 1 saturated heterocycles. The highest BCUT2D eigenvalue weighted by Gasteiger charge is 2.21. The molecule has 0 atom stereocenters. The molecule has 0 aliphatic carbocycles. The molecule has 1 aliphatic rings. The summed E-state index contributed by atoms with van der Waals surface area (Å²) in [6, 6.07) is 0.370. The summed E-state index contributed by atoms with van der Waals surface area (Å²) in [5.74, 6) is -0.192. The summed E-state index contributed by atoms with van der Waals surface area (Å²) in [4.78, 5) is 28.8. The van der Waals surface area contributed by atoms with Crippen molar-refractivity contribution in [2.24, 2.45) is 0 Å². The van der Waals surface area contributed by atoms with E-state index in [9.17, 15) is 9.59 Å². The lowest BCUT2D eigenvalue weighted by atomic mass is 10.0. The van der Waals surface area contributed by atoms with E-state index in [1.165, 1.54) is 0 Å². The Morgan fingerprint density at radius 3 is 2.57 bits per heavy atom. The highest BCUT2D eigenvalue weighted by atomic mass is 16.5. The van der Waals surface area contributed by atoms with E-state index in [1.54, 1.807) is 0 Å². The summed E-state index contributed by atoms with van der Waals surface area (Å²) >= 11 is 0. The second-order valence-corrected chi connectivity index (χ2v) is 5.77. The molecule has 1 amide bonds. The Balaban J connectivity index is 2.22. The molecular weight excluding hydrogens is 270 g/mol. The number of amides is 1. The predicted octanol–water partition coefficient (Wildman–Crippen LogP) is 0.424. The number of esters is 1. The maximum atomic E-state index is 11.3. The normalized spacial score (nSPS) is 17.0. The summed E-state index contributed by atoms with van der Waals surface area (Å²) in [6.07, 6.45) is 3.95. The number of rotatable bonds is 9. The highest BCUT2D eigenvalue weighted by Crippen LogP contribution is 2.14. The zero-order valence-electron chi connectivity index (χ0n) is 13.6. The van der Waals surface area contributed by atoms with Gasteiger partial charge < -0.3 is 14.5 Å². The lowest BCUT2D eigenvalue weighted by Crippen LogP contribution is -2.44. The molecule has 1 fully saturated rings. The zero-order valence-corrected chi connectivity index (χ0v) is 13.6. The van der Waals surface area contributed by atoms with Crippen LogP contribution in [0.2, 0.25) is 0 Å². The summed E-state index contributed by atoms with van der Waals surface area (Å²) in [6.45, 7) is 6.18. The van der Waals surface area contributed by atoms with Crippen molar-refractivity contribution in [1.29, 1.82) is 0 Å². The van der Waals surface area contributed by atoms with E-state index in [4.69, 9.17) is 4.74 Å². The number of nitrogens with zero attached hydrogens (tertiary/aromatic N) is 3. The van der Waals surface area contributed by atoms with Crippen LogP contribution in [0.25, 0.3) is 0 Å². The van der Waals surface area contributed by atoms with Crippen molar-refractivity contribution in [3.8, 4) is 0 Å². The van der Waals surface area contributed by atoms with Crippen molar-refractivity contribution >= 4 is 12.4 Å². The van der Waals surface area contributed by atoms with Gasteiger partial charge in [0.2, 0.25) is 6.41 Å². The van der Waals surface area contributed by atoms with Crippen molar-refractivity contribution in [2.45, 2.75) is 32.2 Å². The Hall–Kier alpha value is -1.14. The monoisotopic (exact) mass is 299 g/mol. The molecule has 0 unspecified atom stereocenters. The summed E-state index contributed by atoms with van der Waals surface area (Å²) in [5, 5.41) is 0. The fraction of sp³-hybridized carbons (Fsp3) is 0.867. The van der Waals surface area contributed by atoms with Gasteiger partial charge in [0.15, 0.2) is 0 Å². The van der Waals surface area contributed by atoms with Crippen LogP contribution in [0.1, 0.15) is 26.2 Å². The van der Waals surface area contributed by atoms with Crippen LogP contribution >= 0.6 is 0 Å². The second-order valence-electron chi connectivity index (χ2n) is 5.77. The maximum absolute atomic E-state index is 11.3. The largest absolute Gasteiger partial charge is 0.465 e. The van der Waals surface area contributed by atoms with Gasteiger partial charge in [-0.25, -0.2) is 0 Å². The van der Waals surface area contributed by atoms with Crippen molar-refractivity contribution in [3.63, 3.8) is 0 Å². The van der Waals surface area contributed by atoms with Crippen LogP contribution in [0.15, 0.2) is 0 Å². The number of likely N-dealkylation sites (N-methyl/N-ethyl adjacent to an activating group) is 1. The summed E-state index contributed by atoms with van der Waals surface area (Å²) in [5.41, 5.74) is 0. The molecule has 1 rings (SSSR count). The topological polar surface area (TPSA) is 53.1 Å². The quantitative estimate of drug-likeness (QED) is 0.456. The lowest BCUT2D eigenvalue weighted by Gasteiger charge is -2.35. The number of carbonyl (C=O) groups is 2. The van der Waals surface area contributed by atoms with Crippen molar-refractivity contribution in [1.82, 2.24) is 14.7 Å². The predicted molar refractivity (Wildman–Crippen MR) is 82.0 cm³/mol. The van der Waals surface area contributed by atoms with E-state index in [0.29, 0.717) is 19.2 Å². The molecule has 0 bridgehead atoms. The molecule has 122 valence electrons. The smallest absolute Gasteiger partial charge is 0.320 e. The fourth-order valence-electron chi connectivity index (χ4n) is 2.68. The molecule has 0 aromatic heterocycles. The molecule has 1 heterocycles. The average molecular weight is 299 g/mol. The number of carbonyl (C=O) groups excluding carboxylic acids is 2. The molecule has 0 aromatic rings. The first-order valence-electron chi connectivity index (χ1n) is 7.80. The Labute approximate surface area is 128 Å². The summed E-state index contributed by atoms with van der Waals surface area (Å²) in [7, 11) is 4.02. The first-order valence-corrected chi connectivity index (χ1v) is 7.80. The van der Waals surface area contributed by atoms with Crippen LogP contribution in [0.3, 0.4) is 0 Å². The van der Waals surface area contributed by atoms with Gasteiger partial charge in [-0.05, 0) is 53.4 Å². The third kappa shape index (κ3) is 6.91. The van der Waals surface area contributed by atoms with Gasteiger partial charge in [0.05, 0.1) is 13.2 Å². The minimum atomic E-state index is -0.192. The van der Waals surface area contributed by atoms with Gasteiger partial charge in [-0.1, -0.05) is 0 Å². The standard InChI is InChI=1S/C15H29N3O3/c1-4-21-15(20)12-17(3)8-5-9-18(13-19)14-6-10-16(2)11-7-14/h13-14H,4-12H2,1-3H3. The first kappa shape index (κ1) is 17.9. The molecule has 0 spiro atoms. The van der Waals surface area contributed by atoms with E-state index in [0.717, 1.165) is 51.9 Å². The van der Waals surface area contributed by atoms with Crippen molar-refractivity contribution < 1.29 is 14.3 Å². The zero-order chi connectivity index (χ0) is 15.7. The van der Waals surface area contributed by atoms with Gasteiger partial charge in [-0.3, -0.25) is 14.5 Å². The number of hydrogen-bond acceptors (Lipinski definition) is 5. The fourth-order valence-corrected chi connectivity index (χ4v) is 2.68. The molecule has 0 N–H and O–H groups in total. The molecule has 1 aliphatic heterocycles. The molecule has 6 heteroatoms. The van der Waals surface area contributed by atoms with Crippen LogP contribution < -0.4 is 0 Å². The minimum absolute atomic E-state index is 0.192. The van der Waals surface area contributed by atoms with Crippen LogP contribution in [0.5, 0.6) is 0 Å². The van der Waals surface area contributed by atoms with Crippen LogP contribution in [-0.2, 0) is 14.3 Å². The number of ether oxygens (including phenoxy) is 1. The third-order valence-electron chi connectivity index (χ3n) is 3.95. The van der Waals surface area contributed by atoms with Gasteiger partial charge >= 0.3 is 5.97 Å². The van der Waals surface area contributed by atoms with E-state index >= 15 is 0 Å². The van der Waals surface area contributed by atoms with Crippen molar-refractivity contribution in [3.05, 3.63) is 0 Å². The summed E-state index contributed by atoms with van der Waals surface area (Å²) < 4.78 is 4.91. The Bertz CT molecular complexity index is 317. The minimum Gasteiger partial charge on any atom is -0.465 e. The van der Waals surface area contributed by atoms with Gasteiger partial charge in [-0.2, -0.15) is 0 Å². The number of piperidine rings is 1. The first-order chi connectivity index (χ1) is 10.1. The van der Waals surface area contributed by atoms with Gasteiger partial charge in [0.25, 0.3) is 0 Å². The molecule has 21 heavy (non-hydrogen) atoms. The van der Waals surface area contributed by atoms with E-state index in [-0.39, 0.29) is 5.97 Å².